The SMILES string of the molecule is NCCc1ccc2c(ccn2Cc2cc(F)ccc2Cl)c1. The summed E-state index contributed by atoms with van der Waals surface area (Å²) >= 11 is 6.14. The predicted octanol–water partition coefficient (Wildman–Crippen LogP) is 3.98. The van der Waals surface area contributed by atoms with Gasteiger partial charge in [0.1, 0.15) is 5.82 Å². The van der Waals surface area contributed by atoms with Gasteiger partial charge in [-0.1, -0.05) is 17.7 Å². The van der Waals surface area contributed by atoms with Crippen LogP contribution < -0.4 is 5.73 Å². The van der Waals surface area contributed by atoms with Crippen LogP contribution in [-0.4, -0.2) is 11.1 Å². The van der Waals surface area contributed by atoms with Crippen molar-refractivity contribution in [3.63, 3.8) is 0 Å². The van der Waals surface area contributed by atoms with Crippen LogP contribution in [0.3, 0.4) is 0 Å². The first-order chi connectivity index (χ1) is 10.2. The molecule has 4 heteroatoms. The molecule has 0 fully saturated rings. The molecule has 2 N–H and O–H groups in total. The van der Waals surface area contributed by atoms with Gasteiger partial charge in [0.2, 0.25) is 0 Å². The zero-order valence-electron chi connectivity index (χ0n) is 11.5. The van der Waals surface area contributed by atoms with Crippen LogP contribution in [0.5, 0.6) is 0 Å². The van der Waals surface area contributed by atoms with Crippen molar-refractivity contribution in [3.05, 3.63) is 70.6 Å². The molecule has 0 aliphatic rings. The molecular formula is C17H16ClFN2. The molecule has 0 unspecified atom stereocenters. The molecule has 2 nitrogen and oxygen atoms in total. The second-order valence-corrected chi connectivity index (χ2v) is 5.52. The van der Waals surface area contributed by atoms with Gasteiger partial charge in [-0.15, -0.1) is 0 Å². The first kappa shape index (κ1) is 14.1. The highest BCUT2D eigenvalue weighted by Crippen LogP contribution is 2.23. The molecule has 1 aromatic heterocycles. The quantitative estimate of drug-likeness (QED) is 0.776. The summed E-state index contributed by atoms with van der Waals surface area (Å²) in [4.78, 5) is 0. The highest BCUT2D eigenvalue weighted by atomic mass is 35.5. The lowest BCUT2D eigenvalue weighted by molar-refractivity contribution is 0.624. The van der Waals surface area contributed by atoms with Crippen LogP contribution in [0, 0.1) is 5.82 Å². The number of halogens is 2. The van der Waals surface area contributed by atoms with E-state index in [9.17, 15) is 4.39 Å². The van der Waals surface area contributed by atoms with Crippen molar-refractivity contribution in [2.24, 2.45) is 5.73 Å². The van der Waals surface area contributed by atoms with Gasteiger partial charge in [0.25, 0.3) is 0 Å². The third-order valence-electron chi connectivity index (χ3n) is 3.62. The maximum atomic E-state index is 13.3. The molecule has 21 heavy (non-hydrogen) atoms. The molecule has 108 valence electrons. The molecule has 0 radical (unpaired) electrons. The average molecular weight is 303 g/mol. The lowest BCUT2D eigenvalue weighted by atomic mass is 10.1. The van der Waals surface area contributed by atoms with Gasteiger partial charge in [0.05, 0.1) is 0 Å². The van der Waals surface area contributed by atoms with E-state index in [1.807, 2.05) is 6.20 Å². The van der Waals surface area contributed by atoms with Crippen molar-refractivity contribution in [2.75, 3.05) is 6.54 Å². The largest absolute Gasteiger partial charge is 0.343 e. The number of aromatic nitrogens is 1. The van der Waals surface area contributed by atoms with Gasteiger partial charge in [-0.05, 0) is 65.9 Å². The molecule has 0 saturated carbocycles. The Bertz CT molecular complexity index is 780. The molecule has 0 amide bonds. The van der Waals surface area contributed by atoms with E-state index in [1.54, 1.807) is 6.07 Å². The first-order valence-corrected chi connectivity index (χ1v) is 7.27. The lowest BCUT2D eigenvalue weighted by Gasteiger charge is -2.08. The normalized spacial score (nSPS) is 11.2. The molecule has 3 aromatic rings. The summed E-state index contributed by atoms with van der Waals surface area (Å²) in [5.41, 5.74) is 8.70. The monoisotopic (exact) mass is 302 g/mol. The van der Waals surface area contributed by atoms with E-state index in [-0.39, 0.29) is 5.82 Å². The van der Waals surface area contributed by atoms with E-state index in [2.05, 4.69) is 28.8 Å². The van der Waals surface area contributed by atoms with E-state index in [0.29, 0.717) is 18.1 Å². The Morgan fingerprint density at radius 2 is 1.95 bits per heavy atom. The average Bonchev–Trinajstić information content (AvgIpc) is 2.86. The summed E-state index contributed by atoms with van der Waals surface area (Å²) in [5.74, 6) is -0.268. The van der Waals surface area contributed by atoms with Crippen LogP contribution >= 0.6 is 11.6 Å². The van der Waals surface area contributed by atoms with E-state index in [1.165, 1.54) is 17.7 Å². The molecule has 0 saturated heterocycles. The molecule has 0 aliphatic heterocycles. The highest BCUT2D eigenvalue weighted by molar-refractivity contribution is 6.31. The highest BCUT2D eigenvalue weighted by Gasteiger charge is 2.06. The Morgan fingerprint density at radius 3 is 2.76 bits per heavy atom. The topological polar surface area (TPSA) is 30.9 Å². The van der Waals surface area contributed by atoms with Crippen LogP contribution in [0.2, 0.25) is 5.02 Å². The maximum absolute atomic E-state index is 13.3. The minimum absolute atomic E-state index is 0.268. The number of fused-ring (bicyclic) bond motifs is 1. The third kappa shape index (κ3) is 2.94. The molecule has 1 heterocycles. The Hall–Kier alpha value is -1.84. The zero-order valence-corrected chi connectivity index (χ0v) is 12.3. The van der Waals surface area contributed by atoms with Gasteiger partial charge in [0, 0.05) is 23.3 Å². The summed E-state index contributed by atoms with van der Waals surface area (Å²) in [6, 6.07) is 12.8. The van der Waals surface area contributed by atoms with Crippen molar-refractivity contribution < 1.29 is 4.39 Å². The number of hydrogen-bond acceptors (Lipinski definition) is 1. The van der Waals surface area contributed by atoms with Gasteiger partial charge in [-0.25, -0.2) is 4.39 Å². The molecule has 0 aliphatic carbocycles. The number of nitrogens with two attached hydrogens (primary N) is 1. The molecule has 3 rings (SSSR count). The molecule has 0 spiro atoms. The van der Waals surface area contributed by atoms with Crippen LogP contribution in [0.1, 0.15) is 11.1 Å². The van der Waals surface area contributed by atoms with Gasteiger partial charge in [-0.2, -0.15) is 0 Å². The second-order valence-electron chi connectivity index (χ2n) is 5.11. The fourth-order valence-corrected chi connectivity index (χ4v) is 2.73. The first-order valence-electron chi connectivity index (χ1n) is 6.89. The maximum Gasteiger partial charge on any atom is 0.123 e. The van der Waals surface area contributed by atoms with Crippen molar-refractivity contribution in [1.82, 2.24) is 4.57 Å². The Morgan fingerprint density at radius 1 is 1.10 bits per heavy atom. The molecule has 0 atom stereocenters. The summed E-state index contributed by atoms with van der Waals surface area (Å²) in [6.07, 6.45) is 2.87. The van der Waals surface area contributed by atoms with Gasteiger partial charge in [-0.3, -0.25) is 0 Å². The van der Waals surface area contributed by atoms with Crippen molar-refractivity contribution >= 4 is 22.5 Å². The minimum atomic E-state index is -0.268. The summed E-state index contributed by atoms with van der Waals surface area (Å²) < 4.78 is 15.4. The van der Waals surface area contributed by atoms with Crippen LogP contribution in [0.15, 0.2) is 48.7 Å². The van der Waals surface area contributed by atoms with E-state index >= 15 is 0 Å². The summed E-state index contributed by atoms with van der Waals surface area (Å²) in [7, 11) is 0. The minimum Gasteiger partial charge on any atom is -0.343 e. The number of benzene rings is 2. The molecule has 0 bridgehead atoms. The molecular weight excluding hydrogens is 287 g/mol. The summed E-state index contributed by atoms with van der Waals surface area (Å²) in [5, 5.41) is 1.74. The predicted molar refractivity (Wildman–Crippen MR) is 85.2 cm³/mol. The van der Waals surface area contributed by atoms with Crippen LogP contribution in [0.4, 0.5) is 4.39 Å². The van der Waals surface area contributed by atoms with Gasteiger partial charge in [0.15, 0.2) is 0 Å². The van der Waals surface area contributed by atoms with Gasteiger partial charge >= 0.3 is 0 Å². The lowest BCUT2D eigenvalue weighted by Crippen LogP contribution is -2.02. The van der Waals surface area contributed by atoms with E-state index < -0.39 is 0 Å². The van der Waals surface area contributed by atoms with Crippen molar-refractivity contribution in [2.45, 2.75) is 13.0 Å². The Labute approximate surface area is 127 Å². The molecule has 2 aromatic carbocycles. The second kappa shape index (κ2) is 5.88. The van der Waals surface area contributed by atoms with Crippen molar-refractivity contribution in [1.29, 1.82) is 0 Å². The van der Waals surface area contributed by atoms with Gasteiger partial charge < -0.3 is 10.3 Å². The van der Waals surface area contributed by atoms with E-state index in [0.717, 1.165) is 22.9 Å². The Kier molecular flexibility index (Phi) is 3.95. The fraction of sp³-hybridized carbons (Fsp3) is 0.176. The number of nitrogens with zero attached hydrogens (tertiary/aromatic N) is 1. The number of hydrogen-bond donors (Lipinski definition) is 1. The standard InChI is InChI=1S/C17H16ClFN2/c18-16-3-2-15(19)10-14(16)11-21-8-6-13-9-12(5-7-20)1-4-17(13)21/h1-4,6,8-10H,5,7,11,20H2. The van der Waals surface area contributed by atoms with Crippen molar-refractivity contribution in [3.8, 4) is 0 Å². The Balaban J connectivity index is 1.96. The third-order valence-corrected chi connectivity index (χ3v) is 3.99. The fourth-order valence-electron chi connectivity index (χ4n) is 2.56. The van der Waals surface area contributed by atoms with E-state index in [4.69, 9.17) is 17.3 Å². The van der Waals surface area contributed by atoms with Crippen LogP contribution in [-0.2, 0) is 13.0 Å². The number of rotatable bonds is 4. The van der Waals surface area contributed by atoms with Crippen LogP contribution in [0.25, 0.3) is 10.9 Å². The zero-order chi connectivity index (χ0) is 14.8. The smallest absolute Gasteiger partial charge is 0.123 e. The summed E-state index contributed by atoms with van der Waals surface area (Å²) in [6.45, 7) is 1.20.